The van der Waals surface area contributed by atoms with Gasteiger partial charge >= 0.3 is 0 Å². The fourth-order valence-electron chi connectivity index (χ4n) is 2.54. The molecule has 1 heterocycles. The van der Waals surface area contributed by atoms with E-state index in [4.69, 9.17) is 4.52 Å². The Morgan fingerprint density at radius 3 is 2.41 bits per heavy atom. The van der Waals surface area contributed by atoms with Crippen LogP contribution >= 0.6 is 0 Å². The van der Waals surface area contributed by atoms with E-state index in [2.05, 4.69) is 15.5 Å². The van der Waals surface area contributed by atoms with Gasteiger partial charge < -0.3 is 20.1 Å². The molecule has 0 radical (unpaired) electrons. The van der Waals surface area contributed by atoms with Crippen LogP contribution in [0.4, 0.5) is 0 Å². The maximum atomic E-state index is 12.3. The summed E-state index contributed by atoms with van der Waals surface area (Å²) in [5.41, 5.74) is 0.991. The molecule has 7 heteroatoms. The van der Waals surface area contributed by atoms with Crippen LogP contribution in [0.25, 0.3) is 11.4 Å². The first-order valence-electron chi connectivity index (χ1n) is 8.52. The van der Waals surface area contributed by atoms with Crippen molar-refractivity contribution < 1.29 is 19.5 Å². The number of nitrogens with one attached hydrogen (secondary N) is 1. The molecule has 3 N–H and O–H groups in total. The van der Waals surface area contributed by atoms with Gasteiger partial charge in [0.15, 0.2) is 0 Å². The molecule has 2 aromatic carbocycles. The van der Waals surface area contributed by atoms with Crippen LogP contribution in [-0.2, 0) is 5.60 Å². The number of nitrogens with zero attached hydrogens (tertiary/aromatic N) is 2. The summed E-state index contributed by atoms with van der Waals surface area (Å²) < 4.78 is 5.22. The minimum absolute atomic E-state index is 0.114. The molecule has 1 atom stereocenters. The maximum Gasteiger partial charge on any atom is 0.251 e. The topological polar surface area (TPSA) is 108 Å². The summed E-state index contributed by atoms with van der Waals surface area (Å²) in [5.74, 6) is 0.104. The molecule has 0 aliphatic heterocycles. The number of amides is 1. The Balaban J connectivity index is 1.76. The molecule has 3 aromatic rings. The first kappa shape index (κ1) is 18.8. The van der Waals surface area contributed by atoms with Crippen molar-refractivity contribution in [3.05, 3.63) is 71.6 Å². The van der Waals surface area contributed by atoms with E-state index in [1.165, 1.54) is 0 Å². The highest BCUT2D eigenvalue weighted by Crippen LogP contribution is 2.24. The van der Waals surface area contributed by atoms with Gasteiger partial charge in [-0.15, -0.1) is 0 Å². The first-order valence-corrected chi connectivity index (χ1v) is 8.52. The fraction of sp³-hybridized carbons (Fsp3) is 0.250. The van der Waals surface area contributed by atoms with E-state index in [1.807, 2.05) is 6.07 Å². The molecule has 0 bridgehead atoms. The van der Waals surface area contributed by atoms with Crippen LogP contribution < -0.4 is 5.32 Å². The second-order valence-corrected chi connectivity index (χ2v) is 6.67. The van der Waals surface area contributed by atoms with Gasteiger partial charge in [-0.05, 0) is 31.5 Å². The molecule has 1 amide bonds. The number of carbonyl (C=O) groups is 1. The minimum Gasteiger partial charge on any atom is -0.394 e. The predicted octanol–water partition coefficient (Wildman–Crippen LogP) is 2.43. The fourth-order valence-corrected chi connectivity index (χ4v) is 2.54. The lowest BCUT2D eigenvalue weighted by molar-refractivity contribution is 0.0786. The molecule has 0 aliphatic carbocycles. The Labute approximate surface area is 156 Å². The summed E-state index contributed by atoms with van der Waals surface area (Å²) in [4.78, 5) is 16.5. The molecular formula is C20H21N3O4. The second-order valence-electron chi connectivity index (χ2n) is 6.67. The SMILES string of the molecule is CC(C)(O)c1ccc(-c2noc(C(CO)NC(=O)c3ccccc3)n2)cc1. The minimum atomic E-state index is -0.940. The monoisotopic (exact) mass is 367 g/mol. The van der Waals surface area contributed by atoms with Crippen LogP contribution in [0.1, 0.15) is 41.7 Å². The molecular weight excluding hydrogens is 346 g/mol. The van der Waals surface area contributed by atoms with Crippen molar-refractivity contribution in [3.8, 4) is 11.4 Å². The molecule has 0 saturated heterocycles. The summed E-state index contributed by atoms with van der Waals surface area (Å²) in [6.45, 7) is 3.03. The zero-order valence-electron chi connectivity index (χ0n) is 15.1. The number of hydrogen-bond acceptors (Lipinski definition) is 6. The quantitative estimate of drug-likeness (QED) is 0.617. The molecule has 1 unspecified atom stereocenters. The molecule has 0 saturated carbocycles. The van der Waals surface area contributed by atoms with Crippen molar-refractivity contribution >= 4 is 5.91 Å². The molecule has 0 fully saturated rings. The molecule has 3 rings (SSSR count). The Bertz CT molecular complexity index is 899. The normalized spacial score (nSPS) is 12.6. The summed E-state index contributed by atoms with van der Waals surface area (Å²) in [7, 11) is 0. The lowest BCUT2D eigenvalue weighted by Gasteiger charge is -2.17. The Morgan fingerprint density at radius 1 is 1.15 bits per heavy atom. The maximum absolute atomic E-state index is 12.3. The van der Waals surface area contributed by atoms with Crippen molar-refractivity contribution in [1.29, 1.82) is 0 Å². The third-order valence-electron chi connectivity index (χ3n) is 4.11. The van der Waals surface area contributed by atoms with E-state index in [1.54, 1.807) is 62.4 Å². The van der Waals surface area contributed by atoms with Crippen molar-refractivity contribution in [3.63, 3.8) is 0 Å². The molecule has 140 valence electrons. The molecule has 0 aliphatic rings. The van der Waals surface area contributed by atoms with Crippen molar-refractivity contribution in [2.24, 2.45) is 0 Å². The highest BCUT2D eigenvalue weighted by molar-refractivity contribution is 5.94. The number of benzene rings is 2. The lowest BCUT2D eigenvalue weighted by Crippen LogP contribution is -2.31. The zero-order valence-corrected chi connectivity index (χ0v) is 15.1. The average Bonchev–Trinajstić information content (AvgIpc) is 3.16. The van der Waals surface area contributed by atoms with Gasteiger partial charge in [-0.2, -0.15) is 4.98 Å². The number of hydrogen-bond donors (Lipinski definition) is 3. The molecule has 7 nitrogen and oxygen atoms in total. The third kappa shape index (κ3) is 4.39. The van der Waals surface area contributed by atoms with Gasteiger partial charge in [0.25, 0.3) is 11.8 Å². The van der Waals surface area contributed by atoms with Crippen LogP contribution in [-0.4, -0.2) is 32.9 Å². The summed E-state index contributed by atoms with van der Waals surface area (Å²) >= 11 is 0. The lowest BCUT2D eigenvalue weighted by atomic mass is 9.97. The van der Waals surface area contributed by atoms with Gasteiger partial charge in [-0.1, -0.05) is 47.6 Å². The van der Waals surface area contributed by atoms with Crippen LogP contribution in [0.5, 0.6) is 0 Å². The first-order chi connectivity index (χ1) is 12.9. The summed E-state index contributed by atoms with van der Waals surface area (Å²) in [6.07, 6.45) is 0. The highest BCUT2D eigenvalue weighted by Gasteiger charge is 2.22. The number of carbonyl (C=O) groups excluding carboxylic acids is 1. The van der Waals surface area contributed by atoms with Crippen LogP contribution in [0.2, 0.25) is 0 Å². The number of aromatic nitrogens is 2. The van der Waals surface area contributed by atoms with Gasteiger partial charge in [0.2, 0.25) is 5.82 Å². The van der Waals surface area contributed by atoms with E-state index in [0.29, 0.717) is 17.0 Å². The predicted molar refractivity (Wildman–Crippen MR) is 98.7 cm³/mol. The number of aliphatic hydroxyl groups is 2. The van der Waals surface area contributed by atoms with Gasteiger partial charge in [-0.3, -0.25) is 4.79 Å². The highest BCUT2D eigenvalue weighted by atomic mass is 16.5. The van der Waals surface area contributed by atoms with Crippen LogP contribution in [0.15, 0.2) is 59.1 Å². The van der Waals surface area contributed by atoms with Gasteiger partial charge in [0, 0.05) is 11.1 Å². The van der Waals surface area contributed by atoms with Crippen molar-refractivity contribution in [2.75, 3.05) is 6.61 Å². The Morgan fingerprint density at radius 2 is 1.81 bits per heavy atom. The van der Waals surface area contributed by atoms with Gasteiger partial charge in [0.05, 0.1) is 12.2 Å². The van der Waals surface area contributed by atoms with E-state index >= 15 is 0 Å². The Kier molecular flexibility index (Phi) is 5.34. The molecule has 27 heavy (non-hydrogen) atoms. The van der Waals surface area contributed by atoms with Crippen LogP contribution in [0, 0.1) is 0 Å². The number of rotatable bonds is 6. The summed E-state index contributed by atoms with van der Waals surface area (Å²) in [6, 6.07) is 15.0. The standard InChI is InChI=1S/C20H21N3O4/c1-20(2,26)15-10-8-13(9-11-15)17-22-19(27-23-17)16(12-24)21-18(25)14-6-4-3-5-7-14/h3-11,16,24,26H,12H2,1-2H3,(H,21,25). The molecule has 0 spiro atoms. The van der Waals surface area contributed by atoms with Gasteiger partial charge in [-0.25, -0.2) is 0 Å². The van der Waals surface area contributed by atoms with Crippen molar-refractivity contribution in [1.82, 2.24) is 15.5 Å². The van der Waals surface area contributed by atoms with E-state index in [0.717, 1.165) is 5.56 Å². The average molecular weight is 367 g/mol. The zero-order chi connectivity index (χ0) is 19.4. The second kappa shape index (κ2) is 7.69. The number of aliphatic hydroxyl groups excluding tert-OH is 1. The Hall–Kier alpha value is -3.03. The summed E-state index contributed by atoms with van der Waals surface area (Å²) in [5, 5.41) is 26.2. The van der Waals surface area contributed by atoms with E-state index in [9.17, 15) is 15.0 Å². The van der Waals surface area contributed by atoms with E-state index < -0.39 is 11.6 Å². The van der Waals surface area contributed by atoms with E-state index in [-0.39, 0.29) is 18.4 Å². The molecule has 1 aromatic heterocycles. The van der Waals surface area contributed by atoms with Crippen LogP contribution in [0.3, 0.4) is 0 Å². The van der Waals surface area contributed by atoms with Gasteiger partial charge in [0.1, 0.15) is 6.04 Å². The van der Waals surface area contributed by atoms with Crippen molar-refractivity contribution in [2.45, 2.75) is 25.5 Å². The smallest absolute Gasteiger partial charge is 0.251 e. The third-order valence-corrected chi connectivity index (χ3v) is 4.11. The largest absolute Gasteiger partial charge is 0.394 e.